The van der Waals surface area contributed by atoms with Crippen molar-refractivity contribution in [3.63, 3.8) is 0 Å². The van der Waals surface area contributed by atoms with E-state index < -0.39 is 0 Å². The second-order valence-corrected chi connectivity index (χ2v) is 7.47. The van der Waals surface area contributed by atoms with E-state index in [2.05, 4.69) is 12.2 Å². The SMILES string of the molecule is CCCOc1ccc(C2NC(=S)N(CC)C(C)=C2C(=O)c2ccccc2)cc1OC. The predicted octanol–water partition coefficient (Wildman–Crippen LogP) is 4.89. The van der Waals surface area contributed by atoms with Crippen molar-refractivity contribution in [2.45, 2.75) is 33.2 Å². The quantitative estimate of drug-likeness (QED) is 0.481. The Bertz CT molecular complexity index is 956. The van der Waals surface area contributed by atoms with E-state index in [1.807, 2.05) is 67.3 Å². The summed E-state index contributed by atoms with van der Waals surface area (Å²) < 4.78 is 11.3. The average Bonchev–Trinajstić information content (AvgIpc) is 2.77. The highest BCUT2D eigenvalue weighted by Crippen LogP contribution is 2.37. The molecule has 5 nitrogen and oxygen atoms in total. The number of ketones is 1. The molecule has 0 radical (unpaired) electrons. The molecule has 6 heteroatoms. The van der Waals surface area contributed by atoms with Crippen LogP contribution in [0.3, 0.4) is 0 Å². The average molecular weight is 425 g/mol. The van der Waals surface area contributed by atoms with Gasteiger partial charge in [-0.05, 0) is 50.2 Å². The fourth-order valence-electron chi connectivity index (χ4n) is 3.65. The number of allylic oxidation sites excluding steroid dienone is 1. The Labute approximate surface area is 183 Å². The molecule has 2 aromatic rings. The fraction of sp³-hybridized carbons (Fsp3) is 0.333. The van der Waals surface area contributed by atoms with Crippen LogP contribution in [0.1, 0.15) is 49.2 Å². The fourth-order valence-corrected chi connectivity index (χ4v) is 4.03. The van der Waals surface area contributed by atoms with E-state index in [0.717, 1.165) is 17.7 Å². The molecule has 0 saturated carbocycles. The first kappa shape index (κ1) is 21.8. The number of Topliss-reactive ketones (excluding diaryl/α,β-unsaturated/α-hetero) is 1. The summed E-state index contributed by atoms with van der Waals surface area (Å²) in [7, 11) is 1.62. The van der Waals surface area contributed by atoms with Crippen LogP contribution in [-0.2, 0) is 0 Å². The lowest BCUT2D eigenvalue weighted by Crippen LogP contribution is -2.47. The van der Waals surface area contributed by atoms with Crippen LogP contribution in [0, 0.1) is 0 Å². The number of benzene rings is 2. The molecule has 3 rings (SSSR count). The van der Waals surface area contributed by atoms with E-state index in [0.29, 0.717) is 40.9 Å². The highest BCUT2D eigenvalue weighted by Gasteiger charge is 2.34. The summed E-state index contributed by atoms with van der Waals surface area (Å²) in [5.41, 5.74) is 3.09. The second-order valence-electron chi connectivity index (χ2n) is 7.08. The van der Waals surface area contributed by atoms with Crippen molar-refractivity contribution in [3.8, 4) is 11.5 Å². The zero-order chi connectivity index (χ0) is 21.7. The van der Waals surface area contributed by atoms with Gasteiger partial charge < -0.3 is 19.7 Å². The molecule has 1 N–H and O–H groups in total. The van der Waals surface area contributed by atoms with Gasteiger partial charge in [-0.3, -0.25) is 4.79 Å². The van der Waals surface area contributed by atoms with E-state index in [1.165, 1.54) is 0 Å². The summed E-state index contributed by atoms with van der Waals surface area (Å²) in [6.45, 7) is 7.33. The van der Waals surface area contributed by atoms with Gasteiger partial charge in [-0.25, -0.2) is 0 Å². The highest BCUT2D eigenvalue weighted by atomic mass is 32.1. The summed E-state index contributed by atoms with van der Waals surface area (Å²) in [6.07, 6.45) is 0.911. The Hall–Kier alpha value is -2.86. The van der Waals surface area contributed by atoms with Gasteiger partial charge in [-0.1, -0.05) is 43.3 Å². The van der Waals surface area contributed by atoms with Gasteiger partial charge in [0.05, 0.1) is 19.8 Å². The Morgan fingerprint density at radius 1 is 1.13 bits per heavy atom. The number of nitrogens with zero attached hydrogens (tertiary/aromatic N) is 1. The number of ether oxygens (including phenoxy) is 2. The Morgan fingerprint density at radius 2 is 1.87 bits per heavy atom. The van der Waals surface area contributed by atoms with Crippen LogP contribution in [0.25, 0.3) is 0 Å². The van der Waals surface area contributed by atoms with Crippen molar-refractivity contribution >= 4 is 23.1 Å². The summed E-state index contributed by atoms with van der Waals surface area (Å²) in [4.78, 5) is 15.5. The molecular weight excluding hydrogens is 396 g/mol. The summed E-state index contributed by atoms with van der Waals surface area (Å²) in [6, 6.07) is 14.7. The summed E-state index contributed by atoms with van der Waals surface area (Å²) >= 11 is 5.59. The zero-order valence-electron chi connectivity index (χ0n) is 17.9. The van der Waals surface area contributed by atoms with Crippen molar-refractivity contribution in [1.29, 1.82) is 0 Å². The first-order valence-corrected chi connectivity index (χ1v) is 10.6. The van der Waals surface area contributed by atoms with Crippen LogP contribution in [0.4, 0.5) is 0 Å². The van der Waals surface area contributed by atoms with E-state index in [9.17, 15) is 4.79 Å². The van der Waals surface area contributed by atoms with Crippen molar-refractivity contribution in [1.82, 2.24) is 10.2 Å². The van der Waals surface area contributed by atoms with Gasteiger partial charge in [0.25, 0.3) is 0 Å². The van der Waals surface area contributed by atoms with E-state index in [4.69, 9.17) is 21.7 Å². The highest BCUT2D eigenvalue weighted by molar-refractivity contribution is 7.80. The number of hydrogen-bond acceptors (Lipinski definition) is 4. The normalized spacial score (nSPS) is 16.3. The third-order valence-corrected chi connectivity index (χ3v) is 5.51. The number of nitrogens with one attached hydrogen (secondary N) is 1. The third-order valence-electron chi connectivity index (χ3n) is 5.18. The van der Waals surface area contributed by atoms with Crippen molar-refractivity contribution in [2.75, 3.05) is 20.3 Å². The van der Waals surface area contributed by atoms with Gasteiger partial charge in [0.1, 0.15) is 0 Å². The van der Waals surface area contributed by atoms with Gasteiger partial charge in [-0.2, -0.15) is 0 Å². The molecule has 0 saturated heterocycles. The minimum atomic E-state index is -0.373. The van der Waals surface area contributed by atoms with Crippen LogP contribution in [0.15, 0.2) is 59.8 Å². The number of rotatable bonds is 8. The molecular formula is C24H28N2O3S. The van der Waals surface area contributed by atoms with Gasteiger partial charge in [0.2, 0.25) is 0 Å². The van der Waals surface area contributed by atoms with Gasteiger partial charge >= 0.3 is 0 Å². The minimum absolute atomic E-state index is 0.0168. The number of carbonyl (C=O) groups is 1. The minimum Gasteiger partial charge on any atom is -0.493 e. The largest absolute Gasteiger partial charge is 0.493 e. The molecule has 0 spiro atoms. The molecule has 30 heavy (non-hydrogen) atoms. The van der Waals surface area contributed by atoms with Crippen molar-refractivity contribution in [3.05, 3.63) is 70.9 Å². The third kappa shape index (κ3) is 4.33. The number of thiocarbonyl (C=S) groups is 1. The summed E-state index contributed by atoms with van der Waals surface area (Å²) in [5.74, 6) is 1.31. The van der Waals surface area contributed by atoms with Crippen LogP contribution < -0.4 is 14.8 Å². The lowest BCUT2D eigenvalue weighted by molar-refractivity contribution is 0.102. The zero-order valence-corrected chi connectivity index (χ0v) is 18.7. The van der Waals surface area contributed by atoms with Gasteiger partial charge in [0, 0.05) is 23.4 Å². The van der Waals surface area contributed by atoms with E-state index in [-0.39, 0.29) is 11.8 Å². The monoisotopic (exact) mass is 424 g/mol. The molecule has 158 valence electrons. The molecule has 0 bridgehead atoms. The Kier molecular flexibility index (Phi) is 7.11. The Balaban J connectivity index is 2.08. The van der Waals surface area contributed by atoms with E-state index in [1.54, 1.807) is 7.11 Å². The molecule has 0 fully saturated rings. The first-order chi connectivity index (χ1) is 14.5. The number of carbonyl (C=O) groups excluding carboxylic acids is 1. The maximum absolute atomic E-state index is 13.5. The number of methoxy groups -OCH3 is 1. The summed E-state index contributed by atoms with van der Waals surface area (Å²) in [5, 5.41) is 3.97. The Morgan fingerprint density at radius 3 is 2.50 bits per heavy atom. The predicted molar refractivity (Wildman–Crippen MR) is 123 cm³/mol. The van der Waals surface area contributed by atoms with Crippen LogP contribution >= 0.6 is 12.2 Å². The molecule has 1 aliphatic rings. The maximum atomic E-state index is 13.5. The molecule has 0 amide bonds. The lowest BCUT2D eigenvalue weighted by Gasteiger charge is -2.37. The second kappa shape index (κ2) is 9.76. The topological polar surface area (TPSA) is 50.8 Å². The first-order valence-electron chi connectivity index (χ1n) is 10.2. The molecule has 0 aliphatic carbocycles. The standard InChI is InChI=1S/C24H28N2O3S/c1-5-14-29-19-13-12-18(15-20(19)28-4)22-21(16(3)26(6-2)24(30)25-22)23(27)17-10-8-7-9-11-17/h7-13,15,22H,5-6,14H2,1-4H3,(H,25,30). The maximum Gasteiger partial charge on any atom is 0.193 e. The lowest BCUT2D eigenvalue weighted by atomic mass is 9.89. The van der Waals surface area contributed by atoms with Crippen molar-refractivity contribution in [2.24, 2.45) is 0 Å². The van der Waals surface area contributed by atoms with Gasteiger partial charge in [-0.15, -0.1) is 0 Å². The molecule has 0 aromatic heterocycles. The van der Waals surface area contributed by atoms with Crippen molar-refractivity contribution < 1.29 is 14.3 Å². The van der Waals surface area contributed by atoms with Crippen LogP contribution in [0.2, 0.25) is 0 Å². The van der Waals surface area contributed by atoms with Crippen LogP contribution in [0.5, 0.6) is 11.5 Å². The van der Waals surface area contributed by atoms with Crippen LogP contribution in [-0.4, -0.2) is 36.1 Å². The number of hydrogen-bond donors (Lipinski definition) is 1. The molecule has 2 aromatic carbocycles. The van der Waals surface area contributed by atoms with E-state index >= 15 is 0 Å². The smallest absolute Gasteiger partial charge is 0.193 e. The molecule has 1 atom stereocenters. The van der Waals surface area contributed by atoms with Gasteiger partial charge in [0.15, 0.2) is 22.4 Å². The molecule has 1 heterocycles. The molecule has 1 unspecified atom stereocenters. The molecule has 1 aliphatic heterocycles.